The summed E-state index contributed by atoms with van der Waals surface area (Å²) in [4.78, 5) is 39.1. The van der Waals surface area contributed by atoms with Crippen molar-refractivity contribution in [3.05, 3.63) is 30.1 Å². The Labute approximate surface area is 201 Å². The predicted octanol–water partition coefficient (Wildman–Crippen LogP) is 2.56. The molecule has 36 heavy (non-hydrogen) atoms. The number of rotatable bonds is 3. The van der Waals surface area contributed by atoms with Gasteiger partial charge in [0.25, 0.3) is 0 Å². The Balaban J connectivity index is 0.000000271. The van der Waals surface area contributed by atoms with Crippen molar-refractivity contribution in [1.29, 1.82) is 0 Å². The zero-order valence-corrected chi connectivity index (χ0v) is 18.8. The summed E-state index contributed by atoms with van der Waals surface area (Å²) in [5, 5.41) is 14.2. The molecule has 3 aliphatic rings. The Morgan fingerprint density at radius 2 is 1.56 bits per heavy atom. The molecule has 15 heteroatoms. The van der Waals surface area contributed by atoms with Crippen LogP contribution in [0.1, 0.15) is 24.8 Å². The molecule has 9 nitrogen and oxygen atoms in total. The quantitative estimate of drug-likeness (QED) is 0.574. The highest BCUT2D eigenvalue weighted by molar-refractivity contribution is 5.80. The maximum Gasteiger partial charge on any atom is 0.490 e. The van der Waals surface area contributed by atoms with Gasteiger partial charge in [-0.3, -0.25) is 14.7 Å². The van der Waals surface area contributed by atoms with Crippen LogP contribution < -0.4 is 0 Å². The van der Waals surface area contributed by atoms with E-state index in [-0.39, 0.29) is 18.1 Å². The monoisotopic (exact) mass is 529 g/mol. The molecule has 0 radical (unpaired) electrons. The van der Waals surface area contributed by atoms with Crippen molar-refractivity contribution < 1.29 is 55.7 Å². The lowest BCUT2D eigenvalue weighted by molar-refractivity contribution is -0.193. The average molecular weight is 529 g/mol. The van der Waals surface area contributed by atoms with Crippen LogP contribution in [0.4, 0.5) is 26.3 Å². The van der Waals surface area contributed by atoms with E-state index in [4.69, 9.17) is 24.5 Å². The van der Waals surface area contributed by atoms with Crippen LogP contribution >= 0.6 is 0 Å². The van der Waals surface area contributed by atoms with Crippen LogP contribution in [0.15, 0.2) is 24.5 Å². The zero-order chi connectivity index (χ0) is 27.1. The molecule has 0 aliphatic carbocycles. The summed E-state index contributed by atoms with van der Waals surface area (Å²) in [7, 11) is 0. The number of hydrogen-bond acceptors (Lipinski definition) is 6. The van der Waals surface area contributed by atoms with Crippen LogP contribution in [-0.2, 0) is 25.7 Å². The van der Waals surface area contributed by atoms with Gasteiger partial charge in [0.05, 0.1) is 18.1 Å². The summed E-state index contributed by atoms with van der Waals surface area (Å²) >= 11 is 0. The molecule has 4 heterocycles. The number of fused-ring (bicyclic) bond motifs is 2. The number of pyridine rings is 1. The van der Waals surface area contributed by atoms with Crippen LogP contribution in [-0.4, -0.2) is 93.6 Å². The Morgan fingerprint density at radius 1 is 1.00 bits per heavy atom. The molecule has 0 saturated carbocycles. The molecule has 2 N–H and O–H groups in total. The molecule has 202 valence electrons. The predicted molar refractivity (Wildman–Crippen MR) is 109 cm³/mol. The van der Waals surface area contributed by atoms with Gasteiger partial charge in [0, 0.05) is 45.1 Å². The highest BCUT2D eigenvalue weighted by atomic mass is 19.4. The van der Waals surface area contributed by atoms with Gasteiger partial charge in [-0.2, -0.15) is 26.3 Å². The molecule has 0 aromatic carbocycles. The average Bonchev–Trinajstić information content (AvgIpc) is 3.41. The summed E-state index contributed by atoms with van der Waals surface area (Å²) < 4.78 is 69.5. The SMILES string of the molecule is O=C(O)C(F)(F)F.O=C(O)C(F)(F)F.O=C([C@H]1C[C@@H]2CN(Cc3cccnc3)C[C@H]1O2)N1CCCC1. The van der Waals surface area contributed by atoms with Gasteiger partial charge in [-0.1, -0.05) is 6.07 Å². The Morgan fingerprint density at radius 3 is 2.03 bits per heavy atom. The van der Waals surface area contributed by atoms with Gasteiger partial charge in [-0.15, -0.1) is 0 Å². The van der Waals surface area contributed by atoms with Crippen molar-refractivity contribution in [1.82, 2.24) is 14.8 Å². The lowest BCUT2D eigenvalue weighted by Crippen LogP contribution is -2.45. The number of carboxylic acids is 2. The topological polar surface area (TPSA) is 120 Å². The number of carboxylic acid groups (broad SMARTS) is 2. The molecular formula is C21H25F6N3O6. The number of alkyl halides is 6. The minimum Gasteiger partial charge on any atom is -0.475 e. The van der Waals surface area contributed by atoms with Crippen molar-refractivity contribution in [2.24, 2.45) is 5.92 Å². The number of ether oxygens (including phenoxy) is 1. The van der Waals surface area contributed by atoms with Gasteiger partial charge in [-0.25, -0.2) is 9.59 Å². The van der Waals surface area contributed by atoms with Crippen molar-refractivity contribution in [2.45, 2.75) is 50.4 Å². The fourth-order valence-corrected chi connectivity index (χ4v) is 4.05. The Hall–Kier alpha value is -2.94. The highest BCUT2D eigenvalue weighted by Crippen LogP contribution is 2.34. The number of morpholine rings is 1. The number of aromatic nitrogens is 1. The maximum atomic E-state index is 12.7. The van der Waals surface area contributed by atoms with Crippen molar-refractivity contribution in [2.75, 3.05) is 26.2 Å². The van der Waals surface area contributed by atoms with Crippen LogP contribution in [0, 0.1) is 5.92 Å². The van der Waals surface area contributed by atoms with E-state index in [9.17, 15) is 31.1 Å². The van der Waals surface area contributed by atoms with Gasteiger partial charge < -0.3 is 19.8 Å². The van der Waals surface area contributed by atoms with E-state index in [0.29, 0.717) is 5.91 Å². The summed E-state index contributed by atoms with van der Waals surface area (Å²) in [5.74, 6) is -5.12. The third kappa shape index (κ3) is 8.93. The molecule has 4 rings (SSSR count). The summed E-state index contributed by atoms with van der Waals surface area (Å²) in [6, 6.07) is 4.08. The van der Waals surface area contributed by atoms with E-state index < -0.39 is 24.3 Å². The third-order valence-electron chi connectivity index (χ3n) is 5.58. The van der Waals surface area contributed by atoms with Crippen LogP contribution in [0.3, 0.4) is 0 Å². The summed E-state index contributed by atoms with van der Waals surface area (Å²) in [5.41, 5.74) is 1.23. The van der Waals surface area contributed by atoms with E-state index in [0.717, 1.165) is 52.0 Å². The number of likely N-dealkylation sites (tertiary alicyclic amines) is 2. The first-order chi connectivity index (χ1) is 16.7. The minimum absolute atomic E-state index is 0.0713. The second kappa shape index (κ2) is 12.3. The maximum absolute atomic E-state index is 12.7. The number of carbonyl (C=O) groups excluding carboxylic acids is 1. The summed E-state index contributed by atoms with van der Waals surface area (Å²) in [6.07, 6.45) is -2.96. The number of amides is 1. The van der Waals surface area contributed by atoms with E-state index >= 15 is 0 Å². The number of halogens is 6. The number of aliphatic carboxylic acids is 2. The molecule has 3 saturated heterocycles. The van der Waals surface area contributed by atoms with Crippen LogP contribution in [0.25, 0.3) is 0 Å². The second-order valence-electron chi connectivity index (χ2n) is 8.33. The molecule has 1 aromatic heterocycles. The fraction of sp³-hybridized carbons (Fsp3) is 0.619. The minimum atomic E-state index is -5.08. The fourth-order valence-electron chi connectivity index (χ4n) is 4.05. The van der Waals surface area contributed by atoms with Gasteiger partial charge in [-0.05, 0) is 30.9 Å². The normalized spacial score (nSPS) is 23.7. The number of nitrogens with zero attached hydrogens (tertiary/aromatic N) is 3. The Kier molecular flexibility index (Phi) is 10.0. The van der Waals surface area contributed by atoms with E-state index in [2.05, 4.69) is 16.0 Å². The highest BCUT2D eigenvalue weighted by Gasteiger charge is 2.46. The van der Waals surface area contributed by atoms with Crippen molar-refractivity contribution in [3.63, 3.8) is 0 Å². The molecule has 3 aliphatic heterocycles. The molecule has 1 aromatic rings. The molecule has 2 bridgehead atoms. The smallest absolute Gasteiger partial charge is 0.475 e. The third-order valence-corrected chi connectivity index (χ3v) is 5.58. The second-order valence-corrected chi connectivity index (χ2v) is 8.33. The zero-order valence-electron chi connectivity index (χ0n) is 18.8. The number of carbonyl (C=O) groups is 3. The lowest BCUT2D eigenvalue weighted by Gasteiger charge is -2.33. The van der Waals surface area contributed by atoms with Crippen molar-refractivity contribution >= 4 is 17.8 Å². The first kappa shape index (κ1) is 29.3. The van der Waals surface area contributed by atoms with Crippen molar-refractivity contribution in [3.8, 4) is 0 Å². The molecular weight excluding hydrogens is 504 g/mol. The first-order valence-electron chi connectivity index (χ1n) is 10.8. The standard InChI is InChI=1S/C17H23N3O2.2C2HF3O2/c21-17(20-6-1-2-7-20)15-8-14-11-19(12-16(15)22-14)10-13-4-3-5-18-9-13;2*3-2(4,5)1(6)7/h3-5,9,14-16H,1-2,6-8,10-12H2;2*(H,6,7)/t14-,15+,16-;;/m1../s1. The Bertz CT molecular complexity index is 868. The van der Waals surface area contributed by atoms with E-state index in [1.54, 1.807) is 6.20 Å². The first-order valence-corrected chi connectivity index (χ1v) is 10.8. The van der Waals surface area contributed by atoms with Crippen LogP contribution in [0.2, 0.25) is 0 Å². The van der Waals surface area contributed by atoms with Gasteiger partial charge in [0.2, 0.25) is 5.91 Å². The molecule has 0 spiro atoms. The molecule has 3 fully saturated rings. The van der Waals surface area contributed by atoms with Gasteiger partial charge in [0.1, 0.15) is 0 Å². The summed E-state index contributed by atoms with van der Waals surface area (Å²) in [6.45, 7) is 4.55. The number of hydrogen-bond donors (Lipinski definition) is 2. The molecule has 1 amide bonds. The largest absolute Gasteiger partial charge is 0.490 e. The van der Waals surface area contributed by atoms with E-state index in [1.165, 1.54) is 5.56 Å². The van der Waals surface area contributed by atoms with Gasteiger partial charge >= 0.3 is 24.3 Å². The lowest BCUT2D eigenvalue weighted by atomic mass is 9.99. The van der Waals surface area contributed by atoms with E-state index in [1.807, 2.05) is 17.2 Å². The van der Waals surface area contributed by atoms with Gasteiger partial charge in [0.15, 0.2) is 0 Å². The van der Waals surface area contributed by atoms with Crippen LogP contribution in [0.5, 0.6) is 0 Å². The molecule has 0 unspecified atom stereocenters. The molecule has 3 atom stereocenters.